The molecule has 1 heterocycles. The van der Waals surface area contributed by atoms with Crippen LogP contribution in [0.2, 0.25) is 0 Å². The first-order chi connectivity index (χ1) is 11.2. The maximum atomic E-state index is 14.0. The van der Waals surface area contributed by atoms with Crippen molar-refractivity contribution in [3.8, 4) is 5.69 Å². The van der Waals surface area contributed by atoms with E-state index in [9.17, 15) is 9.18 Å². The van der Waals surface area contributed by atoms with Gasteiger partial charge in [-0.2, -0.15) is 0 Å². The second-order valence-corrected chi connectivity index (χ2v) is 5.64. The average Bonchev–Trinajstić information content (AvgIpc) is 3.09. The van der Waals surface area contributed by atoms with Crippen molar-refractivity contribution in [3.05, 3.63) is 72.6 Å². The molecule has 3 aromatic rings. The molecular weight excluding hydrogens is 313 g/mol. The maximum Gasteiger partial charge on any atom is 0.259 e. The zero-order valence-electron chi connectivity index (χ0n) is 12.4. The highest BCUT2D eigenvalue weighted by Gasteiger charge is 2.16. The lowest BCUT2D eigenvalue weighted by Gasteiger charge is -2.11. The van der Waals surface area contributed by atoms with Gasteiger partial charge in [-0.15, -0.1) is 11.8 Å². The first kappa shape index (κ1) is 15.3. The van der Waals surface area contributed by atoms with Crippen LogP contribution >= 0.6 is 11.8 Å². The Morgan fingerprint density at radius 2 is 2.09 bits per heavy atom. The van der Waals surface area contributed by atoms with E-state index in [1.54, 1.807) is 36.8 Å². The number of nitrogens with one attached hydrogen (secondary N) is 1. The summed E-state index contributed by atoms with van der Waals surface area (Å²) in [5.41, 5.74) is 1.52. The number of carbonyl (C=O) groups excluding carboxylic acids is 1. The maximum absolute atomic E-state index is 14.0. The molecule has 0 spiro atoms. The Labute approximate surface area is 137 Å². The first-order valence-corrected chi connectivity index (χ1v) is 8.14. The van der Waals surface area contributed by atoms with Crippen LogP contribution in [0.3, 0.4) is 0 Å². The molecule has 0 atom stereocenters. The van der Waals surface area contributed by atoms with E-state index in [-0.39, 0.29) is 5.56 Å². The van der Waals surface area contributed by atoms with Gasteiger partial charge in [-0.05, 0) is 36.6 Å². The van der Waals surface area contributed by atoms with Crippen LogP contribution in [-0.4, -0.2) is 21.7 Å². The standard InChI is InChI=1S/C17H14FN3OS/c1-23-15-7-3-6-14(18)16(15)17(22)20-12-4-2-5-13(10-12)21-9-8-19-11-21/h2-11H,1H3,(H,20,22). The van der Waals surface area contributed by atoms with E-state index in [1.807, 2.05) is 29.2 Å². The van der Waals surface area contributed by atoms with Crippen molar-refractivity contribution in [2.45, 2.75) is 4.90 Å². The number of nitrogens with zero attached hydrogens (tertiary/aromatic N) is 2. The molecule has 23 heavy (non-hydrogen) atoms. The van der Waals surface area contributed by atoms with Crippen LogP contribution in [0.25, 0.3) is 5.69 Å². The van der Waals surface area contributed by atoms with Crippen LogP contribution in [0.5, 0.6) is 0 Å². The van der Waals surface area contributed by atoms with Gasteiger partial charge in [0, 0.05) is 28.7 Å². The number of thioether (sulfide) groups is 1. The SMILES string of the molecule is CSc1cccc(F)c1C(=O)Nc1cccc(-n2ccnc2)c1. The topological polar surface area (TPSA) is 46.9 Å². The van der Waals surface area contributed by atoms with Crippen LogP contribution < -0.4 is 5.32 Å². The Bertz CT molecular complexity index is 834. The molecule has 0 aliphatic carbocycles. The van der Waals surface area contributed by atoms with Gasteiger partial charge in [0.15, 0.2) is 0 Å². The van der Waals surface area contributed by atoms with Gasteiger partial charge >= 0.3 is 0 Å². The van der Waals surface area contributed by atoms with Crippen molar-refractivity contribution >= 4 is 23.4 Å². The molecule has 6 heteroatoms. The lowest BCUT2D eigenvalue weighted by molar-refractivity contribution is 0.102. The fourth-order valence-electron chi connectivity index (χ4n) is 2.24. The molecule has 116 valence electrons. The average molecular weight is 327 g/mol. The molecule has 4 nitrogen and oxygen atoms in total. The Balaban J connectivity index is 1.88. The van der Waals surface area contributed by atoms with E-state index in [0.29, 0.717) is 10.6 Å². The minimum atomic E-state index is -0.528. The predicted octanol–water partition coefficient (Wildman–Crippen LogP) is 3.99. The quantitative estimate of drug-likeness (QED) is 0.737. The second kappa shape index (κ2) is 6.66. The van der Waals surface area contributed by atoms with Gasteiger partial charge in [0.25, 0.3) is 5.91 Å². The number of aromatic nitrogens is 2. The predicted molar refractivity (Wildman–Crippen MR) is 89.7 cm³/mol. The second-order valence-electron chi connectivity index (χ2n) is 4.79. The summed E-state index contributed by atoms with van der Waals surface area (Å²) in [7, 11) is 0. The normalized spacial score (nSPS) is 10.5. The minimum Gasteiger partial charge on any atom is -0.322 e. The molecule has 2 aromatic carbocycles. The van der Waals surface area contributed by atoms with E-state index < -0.39 is 11.7 Å². The smallest absolute Gasteiger partial charge is 0.259 e. The lowest BCUT2D eigenvalue weighted by Crippen LogP contribution is -2.15. The summed E-state index contributed by atoms with van der Waals surface area (Å²) in [4.78, 5) is 17.0. The molecule has 0 saturated carbocycles. The molecule has 3 rings (SSSR count). The zero-order valence-corrected chi connectivity index (χ0v) is 13.2. The van der Waals surface area contributed by atoms with Crippen molar-refractivity contribution < 1.29 is 9.18 Å². The molecule has 0 aliphatic heterocycles. The molecule has 0 unspecified atom stereocenters. The van der Waals surface area contributed by atoms with E-state index in [1.165, 1.54) is 17.8 Å². The molecule has 1 N–H and O–H groups in total. The number of imidazole rings is 1. The Kier molecular flexibility index (Phi) is 4.43. The van der Waals surface area contributed by atoms with Crippen molar-refractivity contribution in [1.82, 2.24) is 9.55 Å². The van der Waals surface area contributed by atoms with Crippen LogP contribution in [0, 0.1) is 5.82 Å². The highest BCUT2D eigenvalue weighted by atomic mass is 32.2. The number of hydrogen-bond donors (Lipinski definition) is 1. The number of rotatable bonds is 4. The van der Waals surface area contributed by atoms with Crippen LogP contribution in [0.4, 0.5) is 10.1 Å². The molecule has 1 aromatic heterocycles. The molecule has 0 aliphatic rings. The summed E-state index contributed by atoms with van der Waals surface area (Å²) in [6.45, 7) is 0. The summed E-state index contributed by atoms with van der Waals surface area (Å²) in [6.07, 6.45) is 6.97. The molecule has 1 amide bonds. The fourth-order valence-corrected chi connectivity index (χ4v) is 2.85. The number of anilines is 1. The van der Waals surface area contributed by atoms with Crippen LogP contribution in [-0.2, 0) is 0 Å². The number of hydrogen-bond acceptors (Lipinski definition) is 3. The fraction of sp³-hybridized carbons (Fsp3) is 0.0588. The largest absolute Gasteiger partial charge is 0.322 e. The van der Waals surface area contributed by atoms with Crippen molar-refractivity contribution in [1.29, 1.82) is 0 Å². The summed E-state index contributed by atoms with van der Waals surface area (Å²) in [5.74, 6) is -0.990. The van der Waals surface area contributed by atoms with E-state index >= 15 is 0 Å². The Morgan fingerprint density at radius 1 is 1.26 bits per heavy atom. The summed E-state index contributed by atoms with van der Waals surface area (Å²) < 4.78 is 15.8. The highest BCUT2D eigenvalue weighted by Crippen LogP contribution is 2.24. The number of halogens is 1. The molecular formula is C17H14FN3OS. The summed E-state index contributed by atoms with van der Waals surface area (Å²) in [5, 5.41) is 2.75. The number of benzene rings is 2. The van der Waals surface area contributed by atoms with Crippen LogP contribution in [0.1, 0.15) is 10.4 Å². The van der Waals surface area contributed by atoms with Gasteiger partial charge in [-0.3, -0.25) is 4.79 Å². The van der Waals surface area contributed by atoms with E-state index in [0.717, 1.165) is 5.69 Å². The van der Waals surface area contributed by atoms with Crippen LogP contribution in [0.15, 0.2) is 66.1 Å². The molecule has 0 radical (unpaired) electrons. The third kappa shape index (κ3) is 3.27. The van der Waals surface area contributed by atoms with E-state index in [4.69, 9.17) is 0 Å². The summed E-state index contributed by atoms with van der Waals surface area (Å²) >= 11 is 1.34. The molecule has 0 saturated heterocycles. The highest BCUT2D eigenvalue weighted by molar-refractivity contribution is 7.98. The Hall–Kier alpha value is -2.60. The summed E-state index contributed by atoms with van der Waals surface area (Å²) in [6, 6.07) is 11.9. The molecule has 0 fully saturated rings. The monoisotopic (exact) mass is 327 g/mol. The zero-order chi connectivity index (χ0) is 16.2. The van der Waals surface area contributed by atoms with Gasteiger partial charge in [-0.25, -0.2) is 9.37 Å². The third-order valence-corrected chi connectivity index (χ3v) is 4.11. The number of amides is 1. The van der Waals surface area contributed by atoms with Gasteiger partial charge in [0.1, 0.15) is 5.82 Å². The number of carbonyl (C=O) groups is 1. The lowest BCUT2D eigenvalue weighted by atomic mass is 10.2. The third-order valence-electron chi connectivity index (χ3n) is 3.33. The van der Waals surface area contributed by atoms with Crippen molar-refractivity contribution in [2.75, 3.05) is 11.6 Å². The van der Waals surface area contributed by atoms with E-state index in [2.05, 4.69) is 10.3 Å². The Morgan fingerprint density at radius 3 is 2.83 bits per heavy atom. The molecule has 0 bridgehead atoms. The first-order valence-electron chi connectivity index (χ1n) is 6.91. The van der Waals surface area contributed by atoms with Gasteiger partial charge in [0.2, 0.25) is 0 Å². The van der Waals surface area contributed by atoms with Gasteiger partial charge in [0.05, 0.1) is 11.9 Å². The van der Waals surface area contributed by atoms with Gasteiger partial charge < -0.3 is 9.88 Å². The van der Waals surface area contributed by atoms with Crippen molar-refractivity contribution in [3.63, 3.8) is 0 Å². The van der Waals surface area contributed by atoms with Gasteiger partial charge in [-0.1, -0.05) is 12.1 Å². The minimum absolute atomic E-state index is 0.0630. The van der Waals surface area contributed by atoms with Crippen molar-refractivity contribution in [2.24, 2.45) is 0 Å².